The van der Waals surface area contributed by atoms with Crippen LogP contribution in [0.3, 0.4) is 0 Å². The van der Waals surface area contributed by atoms with Gasteiger partial charge in [-0.1, -0.05) is 23.7 Å². The van der Waals surface area contributed by atoms with Crippen molar-refractivity contribution in [3.8, 4) is 0 Å². The quantitative estimate of drug-likeness (QED) is 0.901. The molecule has 0 aromatic heterocycles. The fourth-order valence-electron chi connectivity index (χ4n) is 3.09. The van der Waals surface area contributed by atoms with Crippen LogP contribution in [0.5, 0.6) is 0 Å². The zero-order chi connectivity index (χ0) is 15.8. The summed E-state index contributed by atoms with van der Waals surface area (Å²) >= 11 is 6.06. The van der Waals surface area contributed by atoms with Gasteiger partial charge in [0, 0.05) is 5.02 Å². The van der Waals surface area contributed by atoms with E-state index < -0.39 is 11.6 Å². The summed E-state index contributed by atoms with van der Waals surface area (Å²) in [5.41, 5.74) is 5.82. The minimum absolute atomic E-state index is 0.0846. The van der Waals surface area contributed by atoms with Gasteiger partial charge in [-0.25, -0.2) is 0 Å². The van der Waals surface area contributed by atoms with Crippen molar-refractivity contribution in [3.05, 3.63) is 34.9 Å². The molecule has 0 radical (unpaired) electrons. The lowest BCUT2D eigenvalue weighted by atomic mass is 9.96. The summed E-state index contributed by atoms with van der Waals surface area (Å²) in [5, 5.41) is 11.0. The Bertz CT molecular complexity index is 525. The molecule has 1 unspecified atom stereocenters. The molecule has 0 saturated carbocycles. The number of likely N-dealkylation sites (tertiary alicyclic amines) is 1. The number of nitrogens with zero attached hydrogens (tertiary/aromatic N) is 1. The van der Waals surface area contributed by atoms with Crippen molar-refractivity contribution < 1.29 is 9.90 Å². The molecule has 1 heterocycles. The topological polar surface area (TPSA) is 66.6 Å². The predicted octanol–water partition coefficient (Wildman–Crippen LogP) is 2.49. The van der Waals surface area contributed by atoms with Crippen molar-refractivity contribution in [2.45, 2.75) is 57.3 Å². The van der Waals surface area contributed by atoms with Gasteiger partial charge < -0.3 is 15.7 Å². The molecule has 1 fully saturated rings. The summed E-state index contributed by atoms with van der Waals surface area (Å²) in [5.74, 6) is -0.135. The van der Waals surface area contributed by atoms with Gasteiger partial charge in [0.1, 0.15) is 0 Å². The summed E-state index contributed by atoms with van der Waals surface area (Å²) in [6.45, 7) is 5.15. The Balaban J connectivity index is 2.39. The van der Waals surface area contributed by atoms with Gasteiger partial charge in [-0.2, -0.15) is 0 Å². The second-order valence-electron chi connectivity index (χ2n) is 6.35. The van der Waals surface area contributed by atoms with Gasteiger partial charge in [0.25, 0.3) is 0 Å². The smallest absolute Gasteiger partial charge is 0.240 e. The lowest BCUT2D eigenvalue weighted by Crippen LogP contribution is -2.52. The van der Waals surface area contributed by atoms with Crippen LogP contribution in [0.1, 0.15) is 45.2 Å². The van der Waals surface area contributed by atoms with E-state index in [9.17, 15) is 9.90 Å². The van der Waals surface area contributed by atoms with Crippen molar-refractivity contribution in [1.29, 1.82) is 0 Å². The fourth-order valence-corrected chi connectivity index (χ4v) is 3.29. The molecule has 3 N–H and O–H groups in total. The third-order valence-corrected chi connectivity index (χ3v) is 4.31. The van der Waals surface area contributed by atoms with Crippen LogP contribution in [0.4, 0.5) is 0 Å². The molecular formula is C16H23ClN2O2. The number of hydrogen-bond acceptors (Lipinski definition) is 3. The number of hydrogen-bond donors (Lipinski definition) is 2. The van der Waals surface area contributed by atoms with E-state index in [4.69, 9.17) is 17.3 Å². The van der Waals surface area contributed by atoms with Crippen LogP contribution < -0.4 is 5.73 Å². The molecule has 4 nitrogen and oxygen atoms in total. The van der Waals surface area contributed by atoms with Crippen LogP contribution in [-0.2, 0) is 4.79 Å². The Morgan fingerprint density at radius 2 is 2.14 bits per heavy atom. The number of amides is 1. The summed E-state index contributed by atoms with van der Waals surface area (Å²) in [6.07, 6.45) is 1.55. The standard InChI is InChI=1S/C16H23ClN2O2/c1-10(18)15(20)19-13(7-8-14(19)16(2,3)21)11-5-4-6-12(17)9-11/h4-6,9-10,13-14,21H,7-8,18H2,1-3H3/t10-,13+,14?/m1/s1. The number of carbonyl (C=O) groups is 1. The minimum Gasteiger partial charge on any atom is -0.388 e. The first-order chi connectivity index (χ1) is 9.71. The number of halogens is 1. The van der Waals surface area contributed by atoms with E-state index in [-0.39, 0.29) is 18.0 Å². The average Bonchev–Trinajstić information content (AvgIpc) is 2.82. The minimum atomic E-state index is -0.960. The summed E-state index contributed by atoms with van der Waals surface area (Å²) < 4.78 is 0. The third-order valence-electron chi connectivity index (χ3n) is 4.08. The Morgan fingerprint density at radius 1 is 1.48 bits per heavy atom. The molecule has 1 aliphatic rings. The highest BCUT2D eigenvalue weighted by Gasteiger charge is 2.44. The van der Waals surface area contributed by atoms with E-state index in [1.165, 1.54) is 0 Å². The summed E-state index contributed by atoms with van der Waals surface area (Å²) in [4.78, 5) is 14.3. The molecule has 1 saturated heterocycles. The molecule has 0 spiro atoms. The lowest BCUT2D eigenvalue weighted by Gasteiger charge is -2.38. The van der Waals surface area contributed by atoms with Gasteiger partial charge in [-0.15, -0.1) is 0 Å². The number of rotatable bonds is 3. The third kappa shape index (κ3) is 3.39. The normalized spacial score (nSPS) is 24.2. The molecule has 3 atom stereocenters. The van der Waals surface area contributed by atoms with Crippen LogP contribution in [0.25, 0.3) is 0 Å². The van der Waals surface area contributed by atoms with E-state index in [0.717, 1.165) is 18.4 Å². The molecule has 21 heavy (non-hydrogen) atoms. The maximum atomic E-state index is 12.5. The van der Waals surface area contributed by atoms with Crippen LogP contribution in [0.2, 0.25) is 5.02 Å². The maximum absolute atomic E-state index is 12.5. The lowest BCUT2D eigenvalue weighted by molar-refractivity contribution is -0.140. The van der Waals surface area contributed by atoms with Crippen LogP contribution >= 0.6 is 11.6 Å². The average molecular weight is 311 g/mol. The van der Waals surface area contributed by atoms with Crippen molar-refractivity contribution in [2.24, 2.45) is 5.73 Å². The van der Waals surface area contributed by atoms with E-state index >= 15 is 0 Å². The Labute approximate surface area is 130 Å². The molecular weight excluding hydrogens is 288 g/mol. The highest BCUT2D eigenvalue weighted by molar-refractivity contribution is 6.30. The van der Waals surface area contributed by atoms with Crippen molar-refractivity contribution in [1.82, 2.24) is 4.90 Å². The molecule has 1 aliphatic heterocycles. The predicted molar refractivity (Wildman–Crippen MR) is 84.0 cm³/mol. The second-order valence-corrected chi connectivity index (χ2v) is 6.79. The van der Waals surface area contributed by atoms with Gasteiger partial charge in [0.05, 0.1) is 23.7 Å². The summed E-state index contributed by atoms with van der Waals surface area (Å²) in [7, 11) is 0. The second kappa shape index (κ2) is 5.95. The van der Waals surface area contributed by atoms with E-state index in [2.05, 4.69) is 0 Å². The fraction of sp³-hybridized carbons (Fsp3) is 0.562. The number of aliphatic hydroxyl groups is 1. The van der Waals surface area contributed by atoms with Crippen molar-refractivity contribution >= 4 is 17.5 Å². The Hall–Kier alpha value is -1.10. The number of nitrogens with two attached hydrogens (primary N) is 1. The van der Waals surface area contributed by atoms with E-state index in [1.54, 1.807) is 25.7 Å². The molecule has 2 rings (SSSR count). The maximum Gasteiger partial charge on any atom is 0.240 e. The highest BCUT2D eigenvalue weighted by Crippen LogP contribution is 2.40. The molecule has 0 bridgehead atoms. The van der Waals surface area contributed by atoms with Gasteiger partial charge in [-0.05, 0) is 51.3 Å². The SMILES string of the molecule is C[C@@H](N)C(=O)N1C(C(C)(C)O)CC[C@H]1c1cccc(Cl)c1. The molecule has 116 valence electrons. The van der Waals surface area contributed by atoms with Crippen LogP contribution in [-0.4, -0.2) is 33.6 Å². The molecule has 1 aromatic carbocycles. The highest BCUT2D eigenvalue weighted by atomic mass is 35.5. The molecule has 5 heteroatoms. The van der Waals surface area contributed by atoms with Gasteiger partial charge >= 0.3 is 0 Å². The molecule has 0 aliphatic carbocycles. The molecule has 1 aromatic rings. The van der Waals surface area contributed by atoms with Crippen molar-refractivity contribution in [2.75, 3.05) is 0 Å². The number of benzene rings is 1. The summed E-state index contributed by atoms with van der Waals surface area (Å²) in [6, 6.07) is 6.62. The van der Waals surface area contributed by atoms with Crippen molar-refractivity contribution in [3.63, 3.8) is 0 Å². The largest absolute Gasteiger partial charge is 0.388 e. The zero-order valence-corrected chi connectivity index (χ0v) is 13.5. The van der Waals surface area contributed by atoms with Gasteiger partial charge in [0.15, 0.2) is 0 Å². The molecule has 1 amide bonds. The first kappa shape index (κ1) is 16.3. The Morgan fingerprint density at radius 3 is 2.67 bits per heavy atom. The van der Waals surface area contributed by atoms with Crippen LogP contribution in [0, 0.1) is 0 Å². The zero-order valence-electron chi connectivity index (χ0n) is 12.7. The first-order valence-corrected chi connectivity index (χ1v) is 7.65. The first-order valence-electron chi connectivity index (χ1n) is 7.27. The van der Waals surface area contributed by atoms with E-state index in [1.807, 2.05) is 24.3 Å². The number of carbonyl (C=O) groups excluding carboxylic acids is 1. The Kier molecular flexibility index (Phi) is 4.61. The monoisotopic (exact) mass is 310 g/mol. The van der Waals surface area contributed by atoms with Gasteiger partial charge in [0.2, 0.25) is 5.91 Å². The van der Waals surface area contributed by atoms with Gasteiger partial charge in [-0.3, -0.25) is 4.79 Å². The van der Waals surface area contributed by atoms with Crippen LogP contribution in [0.15, 0.2) is 24.3 Å². The van der Waals surface area contributed by atoms with E-state index in [0.29, 0.717) is 5.02 Å².